The Kier molecular flexibility index (Phi) is 2.83. The fourth-order valence-electron chi connectivity index (χ4n) is 1.46. The third-order valence-electron chi connectivity index (χ3n) is 2.49. The molecule has 0 unspecified atom stereocenters. The van der Waals surface area contributed by atoms with E-state index < -0.39 is 0 Å². The minimum atomic E-state index is 0.642. The highest BCUT2D eigenvalue weighted by molar-refractivity contribution is 6.30. The summed E-state index contributed by atoms with van der Waals surface area (Å²) in [5, 5.41) is 8.72. The lowest BCUT2D eigenvalue weighted by Crippen LogP contribution is -2.02. The zero-order valence-corrected chi connectivity index (χ0v) is 10.1. The molecule has 5 heteroatoms. The maximum absolute atomic E-state index is 5.97. The first-order valence-electron chi connectivity index (χ1n) is 4.86. The molecule has 0 amide bonds. The van der Waals surface area contributed by atoms with Crippen molar-refractivity contribution >= 4 is 11.6 Å². The first-order chi connectivity index (χ1) is 7.63. The van der Waals surface area contributed by atoms with Crippen molar-refractivity contribution in [3.8, 4) is 11.4 Å². The summed E-state index contributed by atoms with van der Waals surface area (Å²) in [5.74, 6) is 0.720. The Morgan fingerprint density at radius 1 is 1.31 bits per heavy atom. The van der Waals surface area contributed by atoms with E-state index in [2.05, 4.69) is 10.3 Å². The van der Waals surface area contributed by atoms with E-state index in [4.69, 9.17) is 16.3 Å². The highest BCUT2D eigenvalue weighted by Crippen LogP contribution is 2.26. The third kappa shape index (κ3) is 1.76. The summed E-state index contributed by atoms with van der Waals surface area (Å²) in [6.07, 6.45) is 0. The van der Waals surface area contributed by atoms with Gasteiger partial charge < -0.3 is 4.74 Å². The number of hydrogen-bond donors (Lipinski definition) is 0. The molecule has 0 fully saturated rings. The lowest BCUT2D eigenvalue weighted by atomic mass is 10.2. The molecular weight excluding hydrogens is 226 g/mol. The van der Waals surface area contributed by atoms with Crippen molar-refractivity contribution in [1.29, 1.82) is 0 Å². The fraction of sp³-hybridized carbons (Fsp3) is 0.273. The van der Waals surface area contributed by atoms with Gasteiger partial charge >= 0.3 is 0 Å². The van der Waals surface area contributed by atoms with Crippen molar-refractivity contribution in [1.82, 2.24) is 15.0 Å². The Morgan fingerprint density at radius 2 is 2.06 bits per heavy atom. The van der Waals surface area contributed by atoms with Gasteiger partial charge in [0.05, 0.1) is 18.5 Å². The van der Waals surface area contributed by atoms with Crippen LogP contribution >= 0.6 is 11.6 Å². The number of nitrogens with zero attached hydrogens (tertiary/aromatic N) is 3. The van der Waals surface area contributed by atoms with E-state index in [-0.39, 0.29) is 0 Å². The van der Waals surface area contributed by atoms with Gasteiger partial charge in [0.15, 0.2) is 0 Å². The summed E-state index contributed by atoms with van der Waals surface area (Å²) in [6, 6.07) is 5.40. The van der Waals surface area contributed by atoms with Gasteiger partial charge in [0, 0.05) is 5.02 Å². The zero-order valence-electron chi connectivity index (χ0n) is 9.36. The molecule has 0 saturated heterocycles. The standard InChI is InChI=1S/C11H12ClN3O/c1-7-8(2)15(14-13-7)10-6-9(12)4-5-11(10)16-3/h4-6H,1-3H3. The van der Waals surface area contributed by atoms with Crippen LogP contribution in [0.15, 0.2) is 18.2 Å². The molecule has 0 aliphatic rings. The van der Waals surface area contributed by atoms with E-state index >= 15 is 0 Å². The Morgan fingerprint density at radius 3 is 2.62 bits per heavy atom. The maximum atomic E-state index is 5.97. The van der Waals surface area contributed by atoms with E-state index in [9.17, 15) is 0 Å². The van der Waals surface area contributed by atoms with E-state index in [1.54, 1.807) is 17.9 Å². The molecule has 16 heavy (non-hydrogen) atoms. The number of aryl methyl sites for hydroxylation is 1. The normalized spacial score (nSPS) is 10.5. The Balaban J connectivity index is 2.62. The molecule has 1 aromatic heterocycles. The lowest BCUT2D eigenvalue weighted by molar-refractivity contribution is 0.411. The van der Waals surface area contributed by atoms with Gasteiger partial charge in [-0.25, -0.2) is 4.68 Å². The van der Waals surface area contributed by atoms with Gasteiger partial charge in [0.1, 0.15) is 11.4 Å². The van der Waals surface area contributed by atoms with Crippen LogP contribution in [0.5, 0.6) is 5.75 Å². The second-order valence-electron chi connectivity index (χ2n) is 3.49. The van der Waals surface area contributed by atoms with Gasteiger partial charge in [0.2, 0.25) is 0 Å². The summed E-state index contributed by atoms with van der Waals surface area (Å²) in [5.41, 5.74) is 2.66. The average Bonchev–Trinajstić information content (AvgIpc) is 2.60. The Labute approximate surface area is 98.8 Å². The summed E-state index contributed by atoms with van der Waals surface area (Å²) in [6.45, 7) is 3.87. The topological polar surface area (TPSA) is 39.9 Å². The van der Waals surface area contributed by atoms with Crippen molar-refractivity contribution in [2.75, 3.05) is 7.11 Å². The SMILES string of the molecule is COc1ccc(Cl)cc1-n1nnc(C)c1C. The molecule has 0 bridgehead atoms. The van der Waals surface area contributed by atoms with E-state index in [1.165, 1.54) is 0 Å². The van der Waals surface area contributed by atoms with Gasteiger partial charge in [-0.3, -0.25) is 0 Å². The van der Waals surface area contributed by atoms with E-state index in [0.29, 0.717) is 5.02 Å². The number of halogens is 1. The number of aromatic nitrogens is 3. The monoisotopic (exact) mass is 237 g/mol. The minimum absolute atomic E-state index is 0.642. The van der Waals surface area contributed by atoms with Crippen molar-refractivity contribution in [3.05, 3.63) is 34.6 Å². The maximum Gasteiger partial charge on any atom is 0.144 e. The predicted molar refractivity (Wildman–Crippen MR) is 62.4 cm³/mol. The van der Waals surface area contributed by atoms with Crippen LogP contribution in [0.3, 0.4) is 0 Å². The highest BCUT2D eigenvalue weighted by Gasteiger charge is 2.11. The largest absolute Gasteiger partial charge is 0.494 e. The van der Waals surface area contributed by atoms with Gasteiger partial charge in [-0.05, 0) is 32.0 Å². The number of hydrogen-bond acceptors (Lipinski definition) is 3. The average molecular weight is 238 g/mol. The van der Waals surface area contributed by atoms with Crippen LogP contribution in [0.25, 0.3) is 5.69 Å². The summed E-state index contributed by atoms with van der Waals surface area (Å²) in [4.78, 5) is 0. The van der Waals surface area contributed by atoms with Crippen LogP contribution in [0.4, 0.5) is 0 Å². The Hall–Kier alpha value is -1.55. The molecule has 84 valence electrons. The number of benzene rings is 1. The quantitative estimate of drug-likeness (QED) is 0.806. The summed E-state index contributed by atoms with van der Waals surface area (Å²) < 4.78 is 6.99. The van der Waals surface area contributed by atoms with Crippen molar-refractivity contribution in [3.63, 3.8) is 0 Å². The molecule has 2 rings (SSSR count). The first-order valence-corrected chi connectivity index (χ1v) is 5.24. The molecule has 0 aliphatic carbocycles. The molecule has 2 aromatic rings. The van der Waals surface area contributed by atoms with Gasteiger partial charge in [-0.15, -0.1) is 5.10 Å². The van der Waals surface area contributed by atoms with Gasteiger partial charge in [-0.2, -0.15) is 0 Å². The minimum Gasteiger partial charge on any atom is -0.494 e. The van der Waals surface area contributed by atoms with Crippen molar-refractivity contribution in [2.45, 2.75) is 13.8 Å². The molecule has 0 N–H and O–H groups in total. The third-order valence-corrected chi connectivity index (χ3v) is 2.73. The molecule has 4 nitrogen and oxygen atoms in total. The first kappa shape index (κ1) is 11.0. The molecule has 0 radical (unpaired) electrons. The van der Waals surface area contributed by atoms with Crippen LogP contribution in [-0.2, 0) is 0 Å². The van der Waals surface area contributed by atoms with Gasteiger partial charge in [0.25, 0.3) is 0 Å². The summed E-state index contributed by atoms with van der Waals surface area (Å²) >= 11 is 5.97. The van der Waals surface area contributed by atoms with Crippen LogP contribution < -0.4 is 4.74 Å². The van der Waals surface area contributed by atoms with Crippen molar-refractivity contribution in [2.24, 2.45) is 0 Å². The second-order valence-corrected chi connectivity index (χ2v) is 3.92. The molecule has 0 spiro atoms. The fourth-order valence-corrected chi connectivity index (χ4v) is 1.63. The van der Waals surface area contributed by atoms with Crippen LogP contribution in [0.1, 0.15) is 11.4 Å². The van der Waals surface area contributed by atoms with Crippen LogP contribution in [0, 0.1) is 13.8 Å². The van der Waals surface area contributed by atoms with E-state index in [1.807, 2.05) is 26.0 Å². The number of methoxy groups -OCH3 is 1. The lowest BCUT2D eigenvalue weighted by Gasteiger charge is -2.09. The Bertz CT molecular complexity index is 522. The van der Waals surface area contributed by atoms with Crippen LogP contribution in [-0.4, -0.2) is 22.1 Å². The number of rotatable bonds is 2. The zero-order chi connectivity index (χ0) is 11.7. The number of ether oxygens (including phenoxy) is 1. The smallest absolute Gasteiger partial charge is 0.144 e. The highest BCUT2D eigenvalue weighted by atomic mass is 35.5. The molecule has 0 aliphatic heterocycles. The summed E-state index contributed by atoms with van der Waals surface area (Å²) in [7, 11) is 1.62. The van der Waals surface area contributed by atoms with Crippen LogP contribution in [0.2, 0.25) is 5.02 Å². The molecule has 0 atom stereocenters. The predicted octanol–water partition coefficient (Wildman–Crippen LogP) is 2.55. The van der Waals surface area contributed by atoms with Gasteiger partial charge in [-0.1, -0.05) is 16.8 Å². The van der Waals surface area contributed by atoms with Crippen molar-refractivity contribution < 1.29 is 4.74 Å². The van der Waals surface area contributed by atoms with E-state index in [0.717, 1.165) is 22.8 Å². The molecular formula is C11H12ClN3O. The molecule has 1 heterocycles. The molecule has 1 aromatic carbocycles. The second kappa shape index (κ2) is 4.14. The molecule has 0 saturated carbocycles.